The van der Waals surface area contributed by atoms with Gasteiger partial charge in [-0.1, -0.05) is 6.92 Å². The van der Waals surface area contributed by atoms with E-state index < -0.39 is 0 Å². The predicted octanol–water partition coefficient (Wildman–Crippen LogP) is 2.49. The van der Waals surface area contributed by atoms with E-state index >= 15 is 0 Å². The second kappa shape index (κ2) is 11.1. The van der Waals surface area contributed by atoms with Crippen molar-refractivity contribution in [3.05, 3.63) is 23.8 Å². The van der Waals surface area contributed by atoms with Crippen molar-refractivity contribution in [2.45, 2.75) is 38.8 Å². The average Bonchev–Trinajstić information content (AvgIpc) is 3.58. The van der Waals surface area contributed by atoms with Gasteiger partial charge in [-0.25, -0.2) is 0 Å². The van der Waals surface area contributed by atoms with Crippen LogP contribution in [0.3, 0.4) is 0 Å². The lowest BCUT2D eigenvalue weighted by Gasteiger charge is -2.36. The van der Waals surface area contributed by atoms with Crippen LogP contribution in [0.5, 0.6) is 5.75 Å². The van der Waals surface area contributed by atoms with E-state index in [1.54, 1.807) is 37.3 Å². The Hall–Kier alpha value is -2.16. The Kier molecular flexibility index (Phi) is 8.51. The largest absolute Gasteiger partial charge is 0.491 e. The van der Waals surface area contributed by atoms with Gasteiger partial charge in [0.05, 0.1) is 11.7 Å². The zero-order valence-electron chi connectivity index (χ0n) is 19.9. The molecule has 2 amide bonds. The first kappa shape index (κ1) is 24.5. The molecule has 0 radical (unpaired) electrons. The fourth-order valence-electron chi connectivity index (χ4n) is 4.14. The molecule has 8 heteroatoms. The SMILES string of the molecule is COCC(=O)Nc1ccc2c(c1)C(=O)N(C)C[C@@H](OC)[C@@H](C)CN(CC1CC1)[C@H](C)CO2. The molecule has 32 heavy (non-hydrogen) atoms. The van der Waals surface area contributed by atoms with Gasteiger partial charge in [0.25, 0.3) is 5.91 Å². The third-order valence-corrected chi connectivity index (χ3v) is 6.32. The van der Waals surface area contributed by atoms with Gasteiger partial charge < -0.3 is 24.4 Å². The van der Waals surface area contributed by atoms with Crippen molar-refractivity contribution in [2.75, 3.05) is 59.4 Å². The van der Waals surface area contributed by atoms with Crippen molar-refractivity contribution in [2.24, 2.45) is 11.8 Å². The number of carbonyl (C=O) groups excluding carboxylic acids is 2. The number of methoxy groups -OCH3 is 2. The van der Waals surface area contributed by atoms with Gasteiger partial charge in [-0.3, -0.25) is 14.5 Å². The zero-order chi connectivity index (χ0) is 23.3. The van der Waals surface area contributed by atoms with Crippen molar-refractivity contribution in [3.8, 4) is 5.75 Å². The Morgan fingerprint density at radius 1 is 1.22 bits per heavy atom. The highest BCUT2D eigenvalue weighted by atomic mass is 16.5. The molecule has 3 atom stereocenters. The summed E-state index contributed by atoms with van der Waals surface area (Å²) in [6.45, 7) is 7.23. The summed E-state index contributed by atoms with van der Waals surface area (Å²) < 4.78 is 16.8. The van der Waals surface area contributed by atoms with Gasteiger partial charge in [0.15, 0.2) is 0 Å². The second-order valence-corrected chi connectivity index (χ2v) is 9.19. The van der Waals surface area contributed by atoms with Gasteiger partial charge in [-0.15, -0.1) is 0 Å². The van der Waals surface area contributed by atoms with Crippen LogP contribution in [0.15, 0.2) is 18.2 Å². The first-order valence-corrected chi connectivity index (χ1v) is 11.4. The fraction of sp³-hybridized carbons (Fsp3) is 0.667. The predicted molar refractivity (Wildman–Crippen MR) is 123 cm³/mol. The Labute approximate surface area is 191 Å². The summed E-state index contributed by atoms with van der Waals surface area (Å²) in [6.07, 6.45) is 2.51. The smallest absolute Gasteiger partial charge is 0.257 e. The summed E-state index contributed by atoms with van der Waals surface area (Å²) in [5.74, 6) is 1.11. The molecule has 0 saturated heterocycles. The van der Waals surface area contributed by atoms with E-state index in [-0.39, 0.29) is 36.5 Å². The lowest BCUT2D eigenvalue weighted by Crippen LogP contribution is -2.47. The van der Waals surface area contributed by atoms with Crippen LogP contribution in [-0.2, 0) is 14.3 Å². The minimum atomic E-state index is -0.278. The van der Waals surface area contributed by atoms with Gasteiger partial charge >= 0.3 is 0 Å². The quantitative estimate of drug-likeness (QED) is 0.722. The first-order chi connectivity index (χ1) is 15.3. The molecule has 1 saturated carbocycles. The molecule has 0 unspecified atom stereocenters. The van der Waals surface area contributed by atoms with E-state index in [4.69, 9.17) is 14.2 Å². The maximum atomic E-state index is 13.3. The molecule has 0 bridgehead atoms. The van der Waals surface area contributed by atoms with E-state index in [2.05, 4.69) is 24.1 Å². The van der Waals surface area contributed by atoms with E-state index in [1.807, 2.05) is 0 Å². The summed E-state index contributed by atoms with van der Waals surface area (Å²) >= 11 is 0. The molecular weight excluding hydrogens is 410 g/mol. The summed E-state index contributed by atoms with van der Waals surface area (Å²) in [4.78, 5) is 29.4. The fourth-order valence-corrected chi connectivity index (χ4v) is 4.14. The van der Waals surface area contributed by atoms with E-state index in [9.17, 15) is 9.59 Å². The van der Waals surface area contributed by atoms with Crippen molar-refractivity contribution in [3.63, 3.8) is 0 Å². The van der Waals surface area contributed by atoms with Crippen LogP contribution in [0, 0.1) is 11.8 Å². The lowest BCUT2D eigenvalue weighted by atomic mass is 10.0. The maximum absolute atomic E-state index is 13.3. The van der Waals surface area contributed by atoms with Crippen molar-refractivity contribution in [1.82, 2.24) is 9.80 Å². The summed E-state index contributed by atoms with van der Waals surface area (Å²) in [5.41, 5.74) is 0.954. The number of rotatable bonds is 6. The molecule has 1 aliphatic heterocycles. The average molecular weight is 448 g/mol. The monoisotopic (exact) mass is 447 g/mol. The highest BCUT2D eigenvalue weighted by molar-refractivity contribution is 5.99. The van der Waals surface area contributed by atoms with Crippen LogP contribution in [0.1, 0.15) is 37.0 Å². The Balaban J connectivity index is 1.89. The van der Waals surface area contributed by atoms with E-state index in [0.29, 0.717) is 30.2 Å². The Morgan fingerprint density at radius 2 is 1.97 bits per heavy atom. The highest BCUT2D eigenvalue weighted by Gasteiger charge is 2.31. The number of nitrogens with one attached hydrogen (secondary N) is 1. The summed E-state index contributed by atoms with van der Waals surface area (Å²) in [6, 6.07) is 5.38. The third-order valence-electron chi connectivity index (χ3n) is 6.32. The maximum Gasteiger partial charge on any atom is 0.257 e. The highest BCUT2D eigenvalue weighted by Crippen LogP contribution is 2.31. The van der Waals surface area contributed by atoms with E-state index in [0.717, 1.165) is 19.0 Å². The number of carbonyl (C=O) groups is 2. The molecule has 1 fully saturated rings. The number of ether oxygens (including phenoxy) is 3. The Bertz CT molecular complexity index is 798. The van der Waals surface area contributed by atoms with Crippen LogP contribution in [-0.4, -0.2) is 87.9 Å². The Morgan fingerprint density at radius 3 is 2.62 bits per heavy atom. The second-order valence-electron chi connectivity index (χ2n) is 9.19. The lowest BCUT2D eigenvalue weighted by molar-refractivity contribution is -0.119. The van der Waals surface area contributed by atoms with Gasteiger partial charge in [-0.05, 0) is 49.8 Å². The molecule has 1 aromatic carbocycles. The molecule has 178 valence electrons. The molecule has 1 aromatic rings. The van der Waals surface area contributed by atoms with Gasteiger partial charge in [0.2, 0.25) is 5.91 Å². The number of fused-ring (bicyclic) bond motifs is 1. The number of anilines is 1. The number of likely N-dealkylation sites (N-methyl/N-ethyl adjacent to an activating group) is 1. The number of hydrogen-bond acceptors (Lipinski definition) is 6. The molecule has 1 aliphatic carbocycles. The third kappa shape index (κ3) is 6.43. The number of nitrogens with zero attached hydrogens (tertiary/aromatic N) is 2. The normalized spacial score (nSPS) is 25.3. The van der Waals surface area contributed by atoms with Crippen LogP contribution < -0.4 is 10.1 Å². The molecule has 1 heterocycles. The number of benzene rings is 1. The van der Waals surface area contributed by atoms with E-state index in [1.165, 1.54) is 20.0 Å². The molecule has 2 aliphatic rings. The molecule has 0 spiro atoms. The molecule has 1 N–H and O–H groups in total. The molecular formula is C24H37N3O5. The van der Waals surface area contributed by atoms with Crippen LogP contribution in [0.4, 0.5) is 5.69 Å². The van der Waals surface area contributed by atoms with Crippen molar-refractivity contribution < 1.29 is 23.8 Å². The van der Waals surface area contributed by atoms with Crippen molar-refractivity contribution >= 4 is 17.5 Å². The van der Waals surface area contributed by atoms with Gasteiger partial charge in [0.1, 0.15) is 19.0 Å². The van der Waals surface area contributed by atoms with Crippen LogP contribution in [0.2, 0.25) is 0 Å². The topological polar surface area (TPSA) is 80.3 Å². The summed E-state index contributed by atoms with van der Waals surface area (Å²) in [5, 5.41) is 2.76. The molecule has 8 nitrogen and oxygen atoms in total. The first-order valence-electron chi connectivity index (χ1n) is 11.4. The minimum Gasteiger partial charge on any atom is -0.491 e. The van der Waals surface area contributed by atoms with Gasteiger partial charge in [-0.2, -0.15) is 0 Å². The molecule has 0 aromatic heterocycles. The molecule has 3 rings (SSSR count). The minimum absolute atomic E-state index is 0.0524. The standard InChI is InChI=1S/C24H37N3O5/c1-16-11-27(12-18-6-7-18)17(2)14-32-21-9-8-19(25-23(28)15-30-4)10-20(21)24(29)26(3)13-22(16)31-5/h8-10,16-18,22H,6-7,11-15H2,1-5H3,(H,25,28)/t16-,17+,22+/m0/s1. The summed E-state index contributed by atoms with van der Waals surface area (Å²) in [7, 11) is 4.95. The zero-order valence-corrected chi connectivity index (χ0v) is 19.9. The van der Waals surface area contributed by atoms with Crippen LogP contribution >= 0.6 is 0 Å². The number of hydrogen-bond donors (Lipinski definition) is 1. The van der Waals surface area contributed by atoms with Gasteiger partial charge in [0, 0.05) is 52.6 Å². The van der Waals surface area contributed by atoms with Crippen LogP contribution in [0.25, 0.3) is 0 Å². The number of amides is 2. The van der Waals surface area contributed by atoms with Crippen molar-refractivity contribution in [1.29, 1.82) is 0 Å².